The van der Waals surface area contributed by atoms with Crippen molar-refractivity contribution in [2.45, 2.75) is 20.0 Å². The second kappa shape index (κ2) is 4.93. The minimum absolute atomic E-state index is 0.177. The summed E-state index contributed by atoms with van der Waals surface area (Å²) in [4.78, 5) is 4.27. The van der Waals surface area contributed by atoms with Gasteiger partial charge >= 0.3 is 0 Å². The van der Waals surface area contributed by atoms with Crippen molar-refractivity contribution in [2.75, 3.05) is 0 Å². The Morgan fingerprint density at radius 3 is 2.81 bits per heavy atom. The van der Waals surface area contributed by atoms with E-state index >= 15 is 0 Å². The van der Waals surface area contributed by atoms with Crippen molar-refractivity contribution in [1.82, 2.24) is 9.36 Å². The van der Waals surface area contributed by atoms with Crippen LogP contribution >= 0.6 is 27.5 Å². The average Bonchev–Trinajstić information content (AvgIpc) is 2.64. The van der Waals surface area contributed by atoms with E-state index in [1.165, 1.54) is 11.5 Å². The Kier molecular flexibility index (Phi) is 3.56. The van der Waals surface area contributed by atoms with Gasteiger partial charge in [-0.05, 0) is 53.4 Å². The molecule has 0 unspecified atom stereocenters. The second-order valence-electron chi connectivity index (χ2n) is 3.56. The summed E-state index contributed by atoms with van der Waals surface area (Å²) in [6.45, 7) is 4.02. The van der Waals surface area contributed by atoms with Crippen LogP contribution in [0.1, 0.15) is 13.8 Å². The van der Waals surface area contributed by atoms with Crippen molar-refractivity contribution in [1.29, 1.82) is 0 Å². The highest BCUT2D eigenvalue weighted by molar-refractivity contribution is 9.10. The molecule has 1 aromatic heterocycles. The fourth-order valence-electron chi connectivity index (χ4n) is 1.30. The Bertz CT molecular complexity index is 484. The third kappa shape index (κ3) is 2.80. The first-order valence-corrected chi connectivity index (χ1v) is 6.48. The average molecular weight is 299 g/mol. The molecule has 0 aliphatic carbocycles. The lowest BCUT2D eigenvalue weighted by atomic mass is 10.2. The summed E-state index contributed by atoms with van der Waals surface area (Å²) in [7, 11) is 0. The van der Waals surface area contributed by atoms with Crippen LogP contribution in [0.5, 0.6) is 5.75 Å². The van der Waals surface area contributed by atoms with Crippen LogP contribution in [-0.2, 0) is 0 Å². The predicted octanol–water partition coefficient (Wildman–Crippen LogP) is 3.75. The molecule has 1 heterocycles. The van der Waals surface area contributed by atoms with Gasteiger partial charge in [-0.25, -0.2) is 4.98 Å². The lowest BCUT2D eigenvalue weighted by molar-refractivity contribution is 0.242. The van der Waals surface area contributed by atoms with Gasteiger partial charge in [0, 0.05) is 5.56 Å². The normalized spacial score (nSPS) is 10.8. The summed E-state index contributed by atoms with van der Waals surface area (Å²) in [5.41, 5.74) is 1.03. The highest BCUT2D eigenvalue weighted by atomic mass is 79.9. The third-order valence-electron chi connectivity index (χ3n) is 1.85. The first-order chi connectivity index (χ1) is 7.65. The zero-order chi connectivity index (χ0) is 11.5. The van der Waals surface area contributed by atoms with Gasteiger partial charge in [-0.1, -0.05) is 12.1 Å². The van der Waals surface area contributed by atoms with Crippen molar-refractivity contribution >= 4 is 27.5 Å². The van der Waals surface area contributed by atoms with Crippen LogP contribution in [0, 0.1) is 0 Å². The maximum absolute atomic E-state index is 5.63. The molecule has 0 aliphatic heterocycles. The van der Waals surface area contributed by atoms with E-state index < -0.39 is 0 Å². The fourth-order valence-corrected chi connectivity index (χ4v) is 2.37. The van der Waals surface area contributed by atoms with Crippen LogP contribution < -0.4 is 4.74 Å². The highest BCUT2D eigenvalue weighted by Gasteiger charge is 2.06. The molecule has 0 N–H and O–H groups in total. The predicted molar refractivity (Wildman–Crippen MR) is 68.8 cm³/mol. The third-order valence-corrected chi connectivity index (χ3v) is 3.21. The van der Waals surface area contributed by atoms with Gasteiger partial charge in [-0.3, -0.25) is 0 Å². The molecular formula is C11H11BrN2OS. The van der Waals surface area contributed by atoms with E-state index in [2.05, 4.69) is 25.3 Å². The summed E-state index contributed by atoms with van der Waals surface area (Å²) >= 11 is 4.61. The molecule has 3 nitrogen and oxygen atoms in total. The van der Waals surface area contributed by atoms with Crippen molar-refractivity contribution < 1.29 is 4.74 Å². The molecule has 2 rings (SSSR count). The Labute approximate surface area is 107 Å². The molecule has 5 heteroatoms. The van der Waals surface area contributed by atoms with Gasteiger partial charge in [0.1, 0.15) is 10.8 Å². The number of nitrogens with zero attached hydrogens (tertiary/aromatic N) is 2. The number of halogens is 1. The lowest BCUT2D eigenvalue weighted by Crippen LogP contribution is -2.05. The van der Waals surface area contributed by atoms with Gasteiger partial charge in [-0.2, -0.15) is 4.37 Å². The number of benzene rings is 1. The Balaban J connectivity index is 2.28. The van der Waals surface area contributed by atoms with Crippen LogP contribution in [0.2, 0.25) is 0 Å². The molecule has 0 spiro atoms. The monoisotopic (exact) mass is 298 g/mol. The first kappa shape index (κ1) is 11.5. The summed E-state index contributed by atoms with van der Waals surface area (Å²) < 4.78 is 10.3. The molecule has 0 bridgehead atoms. The first-order valence-electron chi connectivity index (χ1n) is 4.91. The van der Waals surface area contributed by atoms with E-state index in [1.54, 1.807) is 0 Å². The second-order valence-corrected chi connectivity index (χ2v) is 5.02. The van der Waals surface area contributed by atoms with Gasteiger partial charge in [0.25, 0.3) is 0 Å². The van der Waals surface area contributed by atoms with Crippen LogP contribution in [-0.4, -0.2) is 15.5 Å². The minimum Gasteiger partial charge on any atom is -0.491 e. The van der Waals surface area contributed by atoms with Gasteiger partial charge in [0.05, 0.1) is 6.10 Å². The van der Waals surface area contributed by atoms with Crippen molar-refractivity contribution in [3.8, 4) is 16.3 Å². The van der Waals surface area contributed by atoms with E-state index in [4.69, 9.17) is 4.74 Å². The van der Waals surface area contributed by atoms with Gasteiger partial charge < -0.3 is 4.74 Å². The molecule has 0 saturated heterocycles. The van der Waals surface area contributed by atoms with Crippen LogP contribution in [0.25, 0.3) is 10.6 Å². The summed E-state index contributed by atoms with van der Waals surface area (Å²) in [5.74, 6) is 0.860. The standard InChI is InChI=1S/C11H11BrN2OS/c1-7(2)15-9-5-3-4-8(6-9)10-13-11(12)14-16-10/h3-7H,1-2H3. The fraction of sp³-hybridized carbons (Fsp3) is 0.273. The van der Waals surface area contributed by atoms with E-state index in [9.17, 15) is 0 Å². The largest absolute Gasteiger partial charge is 0.491 e. The minimum atomic E-state index is 0.177. The van der Waals surface area contributed by atoms with Crippen LogP contribution in [0.15, 0.2) is 29.0 Å². The molecule has 16 heavy (non-hydrogen) atoms. The van der Waals surface area contributed by atoms with E-state index in [-0.39, 0.29) is 6.10 Å². The van der Waals surface area contributed by atoms with Gasteiger partial charge in [0.15, 0.2) is 0 Å². The zero-order valence-electron chi connectivity index (χ0n) is 8.98. The number of aromatic nitrogens is 2. The van der Waals surface area contributed by atoms with Gasteiger partial charge in [-0.15, -0.1) is 0 Å². The highest BCUT2D eigenvalue weighted by Crippen LogP contribution is 2.26. The lowest BCUT2D eigenvalue weighted by Gasteiger charge is -2.09. The van der Waals surface area contributed by atoms with Gasteiger partial charge in [0.2, 0.25) is 4.73 Å². The maximum atomic E-state index is 5.63. The van der Waals surface area contributed by atoms with E-state index in [1.807, 2.05) is 38.1 Å². The van der Waals surface area contributed by atoms with Crippen molar-refractivity contribution in [2.24, 2.45) is 0 Å². The molecule has 0 saturated carbocycles. The Morgan fingerprint density at radius 2 is 2.19 bits per heavy atom. The topological polar surface area (TPSA) is 35.0 Å². The smallest absolute Gasteiger partial charge is 0.209 e. The molecule has 84 valence electrons. The number of ether oxygens (including phenoxy) is 1. The molecule has 2 aromatic rings. The van der Waals surface area contributed by atoms with Crippen molar-refractivity contribution in [3.05, 3.63) is 29.0 Å². The number of hydrogen-bond donors (Lipinski definition) is 0. The summed E-state index contributed by atoms with van der Waals surface area (Å²) in [6.07, 6.45) is 0.177. The Morgan fingerprint density at radius 1 is 1.38 bits per heavy atom. The molecular weight excluding hydrogens is 288 g/mol. The zero-order valence-corrected chi connectivity index (χ0v) is 11.4. The SMILES string of the molecule is CC(C)Oc1cccc(-c2nc(Br)ns2)c1. The molecule has 0 fully saturated rings. The molecule has 0 aliphatic rings. The molecule has 0 atom stereocenters. The summed E-state index contributed by atoms with van der Waals surface area (Å²) in [5, 5.41) is 0.890. The molecule has 1 aromatic carbocycles. The van der Waals surface area contributed by atoms with E-state index in [0.717, 1.165) is 16.3 Å². The molecule has 0 radical (unpaired) electrons. The van der Waals surface area contributed by atoms with Crippen LogP contribution in [0.3, 0.4) is 0 Å². The number of rotatable bonds is 3. The summed E-state index contributed by atoms with van der Waals surface area (Å²) in [6, 6.07) is 7.88. The van der Waals surface area contributed by atoms with E-state index in [0.29, 0.717) is 4.73 Å². The molecule has 0 amide bonds. The Hall–Kier alpha value is -0.940. The number of hydrogen-bond acceptors (Lipinski definition) is 4. The maximum Gasteiger partial charge on any atom is 0.209 e. The quantitative estimate of drug-likeness (QED) is 0.865. The van der Waals surface area contributed by atoms with Crippen LogP contribution in [0.4, 0.5) is 0 Å². The van der Waals surface area contributed by atoms with Crippen molar-refractivity contribution in [3.63, 3.8) is 0 Å².